The summed E-state index contributed by atoms with van der Waals surface area (Å²) in [7, 11) is 0. The lowest BCUT2D eigenvalue weighted by atomic mass is 10.2. The predicted molar refractivity (Wildman–Crippen MR) is 73.9 cm³/mol. The van der Waals surface area contributed by atoms with Gasteiger partial charge in [-0.25, -0.2) is 4.79 Å². The molecular formula is C14H14ClNO3. The normalized spacial score (nSPS) is 10.5. The second kappa shape index (κ2) is 5.36. The Morgan fingerprint density at radius 2 is 2.16 bits per heavy atom. The summed E-state index contributed by atoms with van der Waals surface area (Å²) < 4.78 is 5.27. The van der Waals surface area contributed by atoms with Crippen LogP contribution in [0.1, 0.15) is 27.4 Å². The first kappa shape index (κ1) is 13.5. The number of carboxylic acids is 1. The lowest BCUT2D eigenvalue weighted by molar-refractivity contribution is 0.0659. The van der Waals surface area contributed by atoms with Crippen molar-refractivity contribution in [1.82, 2.24) is 0 Å². The minimum absolute atomic E-state index is 0.0142. The summed E-state index contributed by atoms with van der Waals surface area (Å²) in [5, 5.41) is 12.8. The Bertz CT molecular complexity index is 619. The summed E-state index contributed by atoms with van der Waals surface area (Å²) in [6.07, 6.45) is 0. The van der Waals surface area contributed by atoms with Crippen LogP contribution in [0.15, 0.2) is 28.7 Å². The molecule has 0 saturated carbocycles. The molecule has 0 aliphatic carbocycles. The van der Waals surface area contributed by atoms with Crippen molar-refractivity contribution in [3.63, 3.8) is 0 Å². The fraction of sp³-hybridized carbons (Fsp3) is 0.214. The summed E-state index contributed by atoms with van der Waals surface area (Å²) in [5.41, 5.74) is 2.47. The van der Waals surface area contributed by atoms with Gasteiger partial charge in [-0.1, -0.05) is 17.7 Å². The molecule has 1 heterocycles. The molecule has 2 N–H and O–H groups in total. The zero-order valence-corrected chi connectivity index (χ0v) is 11.4. The Hall–Kier alpha value is -1.94. The number of aryl methyl sites for hydroxylation is 1. The van der Waals surface area contributed by atoms with Crippen molar-refractivity contribution in [3.8, 4) is 0 Å². The molecule has 0 unspecified atom stereocenters. The molecule has 1 aromatic carbocycles. The van der Waals surface area contributed by atoms with Crippen LogP contribution < -0.4 is 5.32 Å². The SMILES string of the molecule is Cc1cc(CNc2cccc(Cl)c2C)oc1C(=O)O. The van der Waals surface area contributed by atoms with E-state index in [4.69, 9.17) is 21.1 Å². The van der Waals surface area contributed by atoms with Gasteiger partial charge in [0.15, 0.2) is 0 Å². The van der Waals surface area contributed by atoms with E-state index < -0.39 is 5.97 Å². The number of anilines is 1. The van der Waals surface area contributed by atoms with Gasteiger partial charge in [-0.15, -0.1) is 0 Å². The number of rotatable bonds is 4. The molecule has 5 heteroatoms. The highest BCUT2D eigenvalue weighted by Crippen LogP contribution is 2.24. The van der Waals surface area contributed by atoms with Crippen LogP contribution in [0.2, 0.25) is 5.02 Å². The Labute approximate surface area is 116 Å². The summed E-state index contributed by atoms with van der Waals surface area (Å²) in [4.78, 5) is 10.9. The Morgan fingerprint density at radius 3 is 2.79 bits per heavy atom. The van der Waals surface area contributed by atoms with Gasteiger partial charge in [-0.2, -0.15) is 0 Å². The molecule has 100 valence electrons. The topological polar surface area (TPSA) is 62.5 Å². The molecule has 0 aliphatic heterocycles. The Morgan fingerprint density at radius 1 is 1.42 bits per heavy atom. The van der Waals surface area contributed by atoms with Crippen LogP contribution in [0.25, 0.3) is 0 Å². The van der Waals surface area contributed by atoms with Gasteiger partial charge in [0.25, 0.3) is 0 Å². The smallest absolute Gasteiger partial charge is 0.372 e. The van der Waals surface area contributed by atoms with Crippen molar-refractivity contribution in [3.05, 3.63) is 51.9 Å². The lowest BCUT2D eigenvalue weighted by Gasteiger charge is -2.09. The van der Waals surface area contributed by atoms with Gasteiger partial charge in [-0.05, 0) is 37.6 Å². The van der Waals surface area contributed by atoms with Gasteiger partial charge in [0, 0.05) is 16.3 Å². The number of halogens is 1. The van der Waals surface area contributed by atoms with Crippen molar-refractivity contribution < 1.29 is 14.3 Å². The fourth-order valence-corrected chi connectivity index (χ4v) is 2.00. The van der Waals surface area contributed by atoms with E-state index in [0.717, 1.165) is 11.3 Å². The summed E-state index contributed by atoms with van der Waals surface area (Å²) in [5.74, 6) is -0.489. The van der Waals surface area contributed by atoms with Crippen molar-refractivity contribution in [2.24, 2.45) is 0 Å². The molecule has 0 amide bonds. The van der Waals surface area contributed by atoms with Crippen molar-refractivity contribution >= 4 is 23.3 Å². The molecule has 2 aromatic rings. The van der Waals surface area contributed by atoms with E-state index in [-0.39, 0.29) is 5.76 Å². The number of aromatic carboxylic acids is 1. The first-order chi connectivity index (χ1) is 8.99. The maximum Gasteiger partial charge on any atom is 0.372 e. The summed E-state index contributed by atoms with van der Waals surface area (Å²) >= 11 is 6.03. The first-order valence-corrected chi connectivity index (χ1v) is 6.18. The van der Waals surface area contributed by atoms with Crippen LogP contribution in [0.3, 0.4) is 0 Å². The highest BCUT2D eigenvalue weighted by Gasteiger charge is 2.14. The fourth-order valence-electron chi connectivity index (χ4n) is 1.83. The number of carbonyl (C=O) groups is 1. The lowest BCUT2D eigenvalue weighted by Crippen LogP contribution is -2.00. The molecule has 0 radical (unpaired) electrons. The minimum atomic E-state index is -1.05. The number of nitrogens with one attached hydrogen (secondary N) is 1. The zero-order valence-electron chi connectivity index (χ0n) is 10.7. The third-order valence-corrected chi connectivity index (χ3v) is 3.29. The van der Waals surface area contributed by atoms with Crippen molar-refractivity contribution in [1.29, 1.82) is 0 Å². The standard InChI is InChI=1S/C14H14ClNO3/c1-8-6-10(19-13(8)14(17)18)7-16-12-5-3-4-11(15)9(12)2/h3-6,16H,7H2,1-2H3,(H,17,18). The van der Waals surface area contributed by atoms with Gasteiger partial charge in [0.1, 0.15) is 5.76 Å². The van der Waals surface area contributed by atoms with Gasteiger partial charge in [0.2, 0.25) is 5.76 Å². The molecule has 0 aliphatic rings. The molecule has 19 heavy (non-hydrogen) atoms. The van der Waals surface area contributed by atoms with Gasteiger partial charge in [-0.3, -0.25) is 0 Å². The molecule has 0 saturated heterocycles. The second-order valence-corrected chi connectivity index (χ2v) is 4.70. The van der Waals surface area contributed by atoms with Crippen LogP contribution in [0, 0.1) is 13.8 Å². The largest absolute Gasteiger partial charge is 0.475 e. The molecule has 0 bridgehead atoms. The number of furan rings is 1. The van der Waals surface area contributed by atoms with E-state index in [0.29, 0.717) is 22.9 Å². The molecular weight excluding hydrogens is 266 g/mol. The predicted octanol–water partition coefficient (Wildman–Crippen LogP) is 3.86. The van der Waals surface area contributed by atoms with E-state index in [1.165, 1.54) is 0 Å². The quantitative estimate of drug-likeness (QED) is 0.892. The monoisotopic (exact) mass is 279 g/mol. The Kier molecular flexibility index (Phi) is 3.81. The van der Waals surface area contributed by atoms with Crippen molar-refractivity contribution in [2.45, 2.75) is 20.4 Å². The minimum Gasteiger partial charge on any atom is -0.475 e. The molecule has 2 rings (SSSR count). The third kappa shape index (κ3) is 2.90. The number of hydrogen-bond acceptors (Lipinski definition) is 3. The molecule has 1 aromatic heterocycles. The van der Waals surface area contributed by atoms with Gasteiger partial charge in [0.05, 0.1) is 6.54 Å². The van der Waals surface area contributed by atoms with E-state index in [1.54, 1.807) is 13.0 Å². The maximum atomic E-state index is 10.9. The van der Waals surface area contributed by atoms with Crippen molar-refractivity contribution in [2.75, 3.05) is 5.32 Å². The average Bonchev–Trinajstić information content (AvgIpc) is 2.73. The highest BCUT2D eigenvalue weighted by molar-refractivity contribution is 6.31. The average molecular weight is 280 g/mol. The van der Waals surface area contributed by atoms with Crippen LogP contribution in [-0.2, 0) is 6.54 Å². The summed E-state index contributed by atoms with van der Waals surface area (Å²) in [6.45, 7) is 4.04. The summed E-state index contributed by atoms with van der Waals surface area (Å²) in [6, 6.07) is 7.31. The zero-order chi connectivity index (χ0) is 14.0. The van der Waals surface area contributed by atoms with E-state index >= 15 is 0 Å². The van der Waals surface area contributed by atoms with Crippen LogP contribution >= 0.6 is 11.6 Å². The Balaban J connectivity index is 2.13. The van der Waals surface area contributed by atoms with Gasteiger partial charge < -0.3 is 14.8 Å². The number of carboxylic acid groups (broad SMARTS) is 1. The molecule has 0 fully saturated rings. The maximum absolute atomic E-state index is 10.9. The third-order valence-electron chi connectivity index (χ3n) is 2.88. The number of benzene rings is 1. The van der Waals surface area contributed by atoms with Crippen LogP contribution in [0.4, 0.5) is 5.69 Å². The molecule has 0 spiro atoms. The highest BCUT2D eigenvalue weighted by atomic mass is 35.5. The van der Waals surface area contributed by atoms with Crippen LogP contribution in [-0.4, -0.2) is 11.1 Å². The first-order valence-electron chi connectivity index (χ1n) is 5.80. The van der Waals surface area contributed by atoms with Gasteiger partial charge >= 0.3 is 5.97 Å². The van der Waals surface area contributed by atoms with Crippen LogP contribution in [0.5, 0.6) is 0 Å². The van der Waals surface area contributed by atoms with E-state index in [2.05, 4.69) is 5.32 Å². The number of hydrogen-bond donors (Lipinski definition) is 2. The molecule has 0 atom stereocenters. The van der Waals surface area contributed by atoms with E-state index in [1.807, 2.05) is 25.1 Å². The van der Waals surface area contributed by atoms with E-state index in [9.17, 15) is 4.79 Å². The molecule has 4 nitrogen and oxygen atoms in total. The second-order valence-electron chi connectivity index (χ2n) is 4.30.